The van der Waals surface area contributed by atoms with Crippen LogP contribution in [0.4, 0.5) is 0 Å². The molecule has 2 unspecified atom stereocenters. The van der Waals surface area contributed by atoms with Gasteiger partial charge in [0.05, 0.1) is 11.3 Å². The highest BCUT2D eigenvalue weighted by atomic mass is 35.5. The molecular weight excluding hydrogens is 348 g/mol. The van der Waals surface area contributed by atoms with Crippen LogP contribution in [0.2, 0.25) is 5.02 Å². The molecular formula is C17H21ClN2OS2. The van der Waals surface area contributed by atoms with Crippen LogP contribution >= 0.6 is 34.7 Å². The summed E-state index contributed by atoms with van der Waals surface area (Å²) in [6.07, 6.45) is 0. The molecule has 1 heterocycles. The van der Waals surface area contributed by atoms with E-state index in [1.165, 1.54) is 16.6 Å². The van der Waals surface area contributed by atoms with Gasteiger partial charge in [0, 0.05) is 21.3 Å². The molecule has 3 nitrogen and oxygen atoms in total. The fourth-order valence-corrected chi connectivity index (χ4v) is 4.07. The lowest BCUT2D eigenvalue weighted by molar-refractivity contribution is -0.120. The Balaban J connectivity index is 1.88. The van der Waals surface area contributed by atoms with Crippen LogP contribution in [0, 0.1) is 0 Å². The number of halogens is 1. The lowest BCUT2D eigenvalue weighted by atomic mass is 10.2. The number of amides is 1. The van der Waals surface area contributed by atoms with E-state index in [0.29, 0.717) is 11.6 Å². The first kappa shape index (κ1) is 18.3. The first-order valence-corrected chi connectivity index (χ1v) is 9.51. The van der Waals surface area contributed by atoms with Crippen molar-refractivity contribution in [3.05, 3.63) is 51.7 Å². The van der Waals surface area contributed by atoms with E-state index in [2.05, 4.69) is 21.7 Å². The maximum absolute atomic E-state index is 12.3. The smallest absolute Gasteiger partial charge is 0.233 e. The normalized spacial score (nSPS) is 13.8. The van der Waals surface area contributed by atoms with Crippen LogP contribution in [-0.4, -0.2) is 36.7 Å². The number of likely N-dealkylation sites (N-methyl/N-ethyl adjacent to an activating group) is 1. The van der Waals surface area contributed by atoms with Crippen molar-refractivity contribution in [2.24, 2.45) is 0 Å². The highest BCUT2D eigenvalue weighted by Crippen LogP contribution is 2.25. The van der Waals surface area contributed by atoms with Crippen molar-refractivity contribution in [1.82, 2.24) is 10.2 Å². The second-order valence-corrected chi connectivity index (χ2v) is 8.28. The van der Waals surface area contributed by atoms with Crippen molar-refractivity contribution in [2.45, 2.75) is 23.1 Å². The summed E-state index contributed by atoms with van der Waals surface area (Å²) < 4.78 is 0. The molecule has 0 radical (unpaired) electrons. The molecule has 2 atom stereocenters. The summed E-state index contributed by atoms with van der Waals surface area (Å²) in [6.45, 7) is 2.53. The summed E-state index contributed by atoms with van der Waals surface area (Å²) in [5.74, 6) is 0.0494. The van der Waals surface area contributed by atoms with E-state index >= 15 is 0 Å². The Labute approximate surface area is 151 Å². The Bertz CT molecular complexity index is 614. The van der Waals surface area contributed by atoms with E-state index in [4.69, 9.17) is 11.6 Å². The molecule has 1 amide bonds. The molecule has 2 rings (SSSR count). The molecule has 124 valence electrons. The average Bonchev–Trinajstić information content (AvgIpc) is 3.03. The van der Waals surface area contributed by atoms with E-state index in [-0.39, 0.29) is 17.2 Å². The summed E-state index contributed by atoms with van der Waals surface area (Å²) in [4.78, 5) is 16.8. The highest BCUT2D eigenvalue weighted by Gasteiger charge is 2.19. The van der Waals surface area contributed by atoms with Crippen LogP contribution in [0.15, 0.2) is 46.7 Å². The fourth-order valence-electron chi connectivity index (χ4n) is 2.13. The lowest BCUT2D eigenvalue weighted by Crippen LogP contribution is -2.37. The molecule has 6 heteroatoms. The third-order valence-corrected chi connectivity index (χ3v) is 5.80. The zero-order valence-corrected chi connectivity index (χ0v) is 15.8. The third-order valence-electron chi connectivity index (χ3n) is 3.46. The van der Waals surface area contributed by atoms with Crippen LogP contribution in [-0.2, 0) is 4.79 Å². The molecule has 0 aliphatic rings. The van der Waals surface area contributed by atoms with E-state index in [0.717, 1.165) is 4.90 Å². The fraction of sp³-hybridized carbons (Fsp3) is 0.353. The Morgan fingerprint density at radius 2 is 2.00 bits per heavy atom. The summed E-state index contributed by atoms with van der Waals surface area (Å²) in [5.41, 5.74) is 0. The van der Waals surface area contributed by atoms with Gasteiger partial charge in [0.25, 0.3) is 0 Å². The van der Waals surface area contributed by atoms with Crippen LogP contribution < -0.4 is 5.32 Å². The van der Waals surface area contributed by atoms with Crippen molar-refractivity contribution in [2.75, 3.05) is 20.6 Å². The number of benzene rings is 1. The number of hydrogen-bond donors (Lipinski definition) is 1. The minimum atomic E-state index is -0.151. The van der Waals surface area contributed by atoms with Gasteiger partial charge >= 0.3 is 0 Å². The van der Waals surface area contributed by atoms with E-state index in [1.807, 2.05) is 51.4 Å². The number of carbonyl (C=O) groups is 1. The van der Waals surface area contributed by atoms with Gasteiger partial charge in [-0.15, -0.1) is 23.1 Å². The molecule has 0 aliphatic carbocycles. The van der Waals surface area contributed by atoms with Crippen molar-refractivity contribution in [3.8, 4) is 0 Å². The van der Waals surface area contributed by atoms with Gasteiger partial charge in [-0.05, 0) is 56.7 Å². The van der Waals surface area contributed by atoms with Crippen LogP contribution in [0.5, 0.6) is 0 Å². The molecule has 0 aliphatic heterocycles. The maximum Gasteiger partial charge on any atom is 0.233 e. The van der Waals surface area contributed by atoms with Crippen LogP contribution in [0.3, 0.4) is 0 Å². The Morgan fingerprint density at radius 3 is 2.57 bits per heavy atom. The number of hydrogen-bond acceptors (Lipinski definition) is 4. The second-order valence-electron chi connectivity index (χ2n) is 5.45. The predicted molar refractivity (Wildman–Crippen MR) is 101 cm³/mol. The molecule has 2 aromatic rings. The summed E-state index contributed by atoms with van der Waals surface area (Å²) in [7, 11) is 4.06. The van der Waals surface area contributed by atoms with Crippen molar-refractivity contribution in [3.63, 3.8) is 0 Å². The van der Waals surface area contributed by atoms with Crippen LogP contribution in [0.1, 0.15) is 17.8 Å². The zero-order valence-electron chi connectivity index (χ0n) is 13.5. The van der Waals surface area contributed by atoms with E-state index in [9.17, 15) is 4.79 Å². The van der Waals surface area contributed by atoms with E-state index in [1.54, 1.807) is 11.3 Å². The molecule has 1 N–H and O–H groups in total. The predicted octanol–water partition coefficient (Wildman–Crippen LogP) is 4.30. The molecule has 0 saturated heterocycles. The first-order chi connectivity index (χ1) is 11.0. The minimum Gasteiger partial charge on any atom is -0.353 e. The number of rotatable bonds is 7. The largest absolute Gasteiger partial charge is 0.353 e. The molecule has 1 aromatic carbocycles. The maximum atomic E-state index is 12.3. The minimum absolute atomic E-state index is 0.0494. The quantitative estimate of drug-likeness (QED) is 0.739. The molecule has 0 saturated carbocycles. The summed E-state index contributed by atoms with van der Waals surface area (Å²) >= 11 is 9.13. The first-order valence-electron chi connectivity index (χ1n) is 7.37. The van der Waals surface area contributed by atoms with Gasteiger partial charge in [-0.1, -0.05) is 17.7 Å². The Kier molecular flexibility index (Phi) is 6.96. The molecule has 23 heavy (non-hydrogen) atoms. The number of thiophene rings is 1. The molecule has 0 fully saturated rings. The zero-order chi connectivity index (χ0) is 16.8. The van der Waals surface area contributed by atoms with Crippen molar-refractivity contribution < 1.29 is 4.79 Å². The summed E-state index contributed by atoms with van der Waals surface area (Å²) in [5, 5.41) is 5.68. The van der Waals surface area contributed by atoms with Gasteiger partial charge in [-0.3, -0.25) is 4.79 Å². The Hall–Kier alpha value is -1.01. The molecule has 1 aromatic heterocycles. The Morgan fingerprint density at radius 1 is 1.30 bits per heavy atom. The number of carbonyl (C=O) groups excluding carboxylic acids is 1. The topological polar surface area (TPSA) is 32.3 Å². The molecule has 0 bridgehead atoms. The third kappa shape index (κ3) is 5.53. The highest BCUT2D eigenvalue weighted by molar-refractivity contribution is 8.00. The standard InChI is InChI=1S/C17H21ClN2OS2/c1-12(23-14-8-6-13(18)7-9-14)17(21)19-11-15(20(2)3)16-5-4-10-22-16/h4-10,12,15H,11H2,1-3H3,(H,19,21). The van der Waals surface area contributed by atoms with Gasteiger partial charge in [-0.2, -0.15) is 0 Å². The van der Waals surface area contributed by atoms with Gasteiger partial charge in [0.15, 0.2) is 0 Å². The monoisotopic (exact) mass is 368 g/mol. The lowest BCUT2D eigenvalue weighted by Gasteiger charge is -2.24. The second kappa shape index (κ2) is 8.73. The number of nitrogens with zero attached hydrogens (tertiary/aromatic N) is 1. The average molecular weight is 369 g/mol. The van der Waals surface area contributed by atoms with Gasteiger partial charge in [-0.25, -0.2) is 0 Å². The van der Waals surface area contributed by atoms with Crippen molar-refractivity contribution in [1.29, 1.82) is 0 Å². The van der Waals surface area contributed by atoms with Crippen molar-refractivity contribution >= 4 is 40.6 Å². The number of nitrogens with one attached hydrogen (secondary N) is 1. The van der Waals surface area contributed by atoms with Gasteiger partial charge in [0.1, 0.15) is 0 Å². The van der Waals surface area contributed by atoms with Crippen LogP contribution in [0.25, 0.3) is 0 Å². The SMILES string of the molecule is CC(Sc1ccc(Cl)cc1)C(=O)NCC(c1cccs1)N(C)C. The van der Waals surface area contributed by atoms with Gasteiger partial charge < -0.3 is 10.2 Å². The van der Waals surface area contributed by atoms with E-state index < -0.39 is 0 Å². The number of thioether (sulfide) groups is 1. The molecule has 0 spiro atoms. The van der Waals surface area contributed by atoms with Gasteiger partial charge in [0.2, 0.25) is 5.91 Å². The summed E-state index contributed by atoms with van der Waals surface area (Å²) in [6, 6.07) is 11.9.